The van der Waals surface area contributed by atoms with Crippen LogP contribution in [0.15, 0.2) is 54.6 Å². The molecule has 29 heavy (non-hydrogen) atoms. The van der Waals surface area contributed by atoms with Crippen LogP contribution in [0.3, 0.4) is 0 Å². The van der Waals surface area contributed by atoms with Gasteiger partial charge in [-0.3, -0.25) is 30.0 Å². The fraction of sp³-hybridized carbons (Fsp3) is 0.238. The third kappa shape index (κ3) is 8.25. The quantitative estimate of drug-likeness (QED) is 0.466. The van der Waals surface area contributed by atoms with Gasteiger partial charge in [0.2, 0.25) is 5.91 Å². The summed E-state index contributed by atoms with van der Waals surface area (Å²) in [5.74, 6) is -1.88. The zero-order valence-electron chi connectivity index (χ0n) is 16.1. The summed E-state index contributed by atoms with van der Waals surface area (Å²) in [6.07, 6.45) is 0.239. The van der Waals surface area contributed by atoms with Crippen LogP contribution in [-0.4, -0.2) is 30.3 Å². The number of carbonyl (C=O) groups excluding carboxylic acids is 4. The van der Waals surface area contributed by atoms with Gasteiger partial charge in [-0.2, -0.15) is 0 Å². The first kappa shape index (κ1) is 21.6. The second kappa shape index (κ2) is 11.2. The van der Waals surface area contributed by atoms with Crippen molar-refractivity contribution in [3.05, 3.63) is 65.7 Å². The minimum atomic E-state index is -0.578. The highest BCUT2D eigenvalue weighted by Gasteiger charge is 2.10. The van der Waals surface area contributed by atoms with Gasteiger partial charge in [-0.05, 0) is 43.2 Å². The normalized spacial score (nSPS) is 9.97. The molecule has 0 aliphatic rings. The van der Waals surface area contributed by atoms with Gasteiger partial charge in [0.1, 0.15) is 0 Å². The van der Waals surface area contributed by atoms with Crippen molar-refractivity contribution in [3.63, 3.8) is 0 Å². The number of ether oxygens (including phenoxy) is 1. The predicted octanol–water partition coefficient (Wildman–Crippen LogP) is 2.11. The molecule has 3 amide bonds. The fourth-order valence-electron chi connectivity index (χ4n) is 2.38. The number of rotatable bonds is 8. The van der Waals surface area contributed by atoms with Crippen LogP contribution in [0.5, 0.6) is 0 Å². The molecule has 0 radical (unpaired) electrons. The molecule has 0 fully saturated rings. The smallest absolute Gasteiger partial charge is 0.306 e. The lowest BCUT2D eigenvalue weighted by Crippen LogP contribution is -2.41. The summed E-state index contributed by atoms with van der Waals surface area (Å²) in [4.78, 5) is 47.0. The lowest BCUT2D eigenvalue weighted by Gasteiger charge is -2.08. The molecule has 0 aromatic heterocycles. The Labute approximate surface area is 168 Å². The molecule has 2 rings (SSSR count). The van der Waals surface area contributed by atoms with Crippen molar-refractivity contribution < 1.29 is 23.9 Å². The number of hydrogen-bond acceptors (Lipinski definition) is 5. The van der Waals surface area contributed by atoms with Crippen LogP contribution in [0.1, 0.15) is 35.2 Å². The molecule has 0 saturated carbocycles. The molecule has 0 atom stereocenters. The van der Waals surface area contributed by atoms with E-state index < -0.39 is 30.3 Å². The second-order valence-electron chi connectivity index (χ2n) is 6.30. The van der Waals surface area contributed by atoms with Crippen LogP contribution < -0.4 is 16.2 Å². The summed E-state index contributed by atoms with van der Waals surface area (Å²) in [6, 6.07) is 15.7. The Morgan fingerprint density at radius 3 is 2.34 bits per heavy atom. The van der Waals surface area contributed by atoms with E-state index in [1.165, 1.54) is 0 Å². The highest BCUT2D eigenvalue weighted by Crippen LogP contribution is 2.09. The van der Waals surface area contributed by atoms with Gasteiger partial charge in [0.05, 0.1) is 0 Å². The number of esters is 1. The largest absolute Gasteiger partial charge is 0.456 e. The second-order valence-corrected chi connectivity index (χ2v) is 6.30. The SMILES string of the molecule is Cc1cccc(NC(=O)COC(=O)CCCC(=O)NNC(=O)c2ccccc2)c1. The maximum Gasteiger partial charge on any atom is 0.306 e. The molecule has 0 spiro atoms. The number of carbonyl (C=O) groups is 4. The van der Waals surface area contributed by atoms with E-state index in [0.29, 0.717) is 11.3 Å². The van der Waals surface area contributed by atoms with Crippen LogP contribution in [0, 0.1) is 6.92 Å². The van der Waals surface area contributed by atoms with Crippen molar-refractivity contribution >= 4 is 29.4 Å². The Bertz CT molecular complexity index is 868. The van der Waals surface area contributed by atoms with Crippen molar-refractivity contribution in [1.29, 1.82) is 0 Å². The molecule has 8 heteroatoms. The highest BCUT2D eigenvalue weighted by atomic mass is 16.5. The van der Waals surface area contributed by atoms with E-state index in [-0.39, 0.29) is 19.3 Å². The minimum Gasteiger partial charge on any atom is -0.456 e. The summed E-state index contributed by atoms with van der Waals surface area (Å²) < 4.78 is 4.89. The Kier molecular flexibility index (Phi) is 8.37. The van der Waals surface area contributed by atoms with Gasteiger partial charge in [-0.15, -0.1) is 0 Å². The molecule has 0 aliphatic heterocycles. The number of hydrazine groups is 1. The van der Waals surface area contributed by atoms with E-state index in [2.05, 4.69) is 16.2 Å². The maximum absolute atomic E-state index is 11.8. The van der Waals surface area contributed by atoms with Gasteiger partial charge in [0.25, 0.3) is 11.8 Å². The van der Waals surface area contributed by atoms with E-state index in [4.69, 9.17) is 4.74 Å². The zero-order chi connectivity index (χ0) is 21.1. The Hall–Kier alpha value is -3.68. The maximum atomic E-state index is 11.8. The summed E-state index contributed by atoms with van der Waals surface area (Å²) in [6.45, 7) is 1.50. The Morgan fingerprint density at radius 1 is 0.862 bits per heavy atom. The van der Waals surface area contributed by atoms with Gasteiger partial charge < -0.3 is 10.1 Å². The van der Waals surface area contributed by atoms with E-state index in [1.807, 2.05) is 19.1 Å². The molecular weight excluding hydrogens is 374 g/mol. The van der Waals surface area contributed by atoms with Crippen molar-refractivity contribution in [3.8, 4) is 0 Å². The van der Waals surface area contributed by atoms with Crippen LogP contribution in [0.4, 0.5) is 5.69 Å². The van der Waals surface area contributed by atoms with Crippen molar-refractivity contribution in [1.82, 2.24) is 10.9 Å². The highest BCUT2D eigenvalue weighted by molar-refractivity contribution is 5.95. The van der Waals surface area contributed by atoms with E-state index in [1.54, 1.807) is 42.5 Å². The first-order chi connectivity index (χ1) is 13.9. The number of benzene rings is 2. The first-order valence-corrected chi connectivity index (χ1v) is 9.10. The zero-order valence-corrected chi connectivity index (χ0v) is 16.1. The standard InChI is InChI=1S/C21H23N3O5/c1-15-7-5-10-17(13-15)22-19(26)14-29-20(27)12-6-11-18(25)23-24-21(28)16-8-3-2-4-9-16/h2-5,7-10,13H,6,11-12,14H2,1H3,(H,22,26)(H,23,25)(H,24,28). The van der Waals surface area contributed by atoms with Crippen molar-refractivity contribution in [2.24, 2.45) is 0 Å². The van der Waals surface area contributed by atoms with Crippen molar-refractivity contribution in [2.75, 3.05) is 11.9 Å². The lowest BCUT2D eigenvalue weighted by molar-refractivity contribution is -0.147. The molecule has 2 aromatic rings. The molecule has 0 heterocycles. The number of hydrogen-bond donors (Lipinski definition) is 3. The molecule has 0 unspecified atom stereocenters. The Morgan fingerprint density at radius 2 is 1.62 bits per heavy atom. The van der Waals surface area contributed by atoms with Gasteiger partial charge >= 0.3 is 5.97 Å². The molecule has 152 valence electrons. The van der Waals surface area contributed by atoms with Crippen molar-refractivity contribution in [2.45, 2.75) is 26.2 Å². The third-order valence-corrected chi connectivity index (χ3v) is 3.80. The van der Waals surface area contributed by atoms with Gasteiger partial charge in [-0.1, -0.05) is 30.3 Å². The van der Waals surface area contributed by atoms with Gasteiger partial charge in [0, 0.05) is 24.1 Å². The first-order valence-electron chi connectivity index (χ1n) is 9.10. The van der Waals surface area contributed by atoms with E-state index in [9.17, 15) is 19.2 Å². The molecule has 3 N–H and O–H groups in total. The van der Waals surface area contributed by atoms with Gasteiger partial charge in [0.15, 0.2) is 6.61 Å². The fourth-order valence-corrected chi connectivity index (χ4v) is 2.38. The molecule has 2 aromatic carbocycles. The summed E-state index contributed by atoms with van der Waals surface area (Å²) >= 11 is 0. The van der Waals surface area contributed by atoms with Crippen LogP contribution in [0.25, 0.3) is 0 Å². The summed E-state index contributed by atoms with van der Waals surface area (Å²) in [5.41, 5.74) is 6.62. The molecule has 8 nitrogen and oxygen atoms in total. The summed E-state index contributed by atoms with van der Waals surface area (Å²) in [7, 11) is 0. The molecular formula is C21H23N3O5. The van der Waals surface area contributed by atoms with E-state index in [0.717, 1.165) is 5.56 Å². The molecule has 0 bridgehead atoms. The number of nitrogens with one attached hydrogen (secondary N) is 3. The Balaban J connectivity index is 1.58. The van der Waals surface area contributed by atoms with Crippen LogP contribution >= 0.6 is 0 Å². The summed E-state index contributed by atoms with van der Waals surface area (Å²) in [5, 5.41) is 2.63. The third-order valence-electron chi connectivity index (χ3n) is 3.80. The number of anilines is 1. The van der Waals surface area contributed by atoms with E-state index >= 15 is 0 Å². The van der Waals surface area contributed by atoms with Gasteiger partial charge in [-0.25, -0.2) is 0 Å². The average molecular weight is 397 g/mol. The van der Waals surface area contributed by atoms with Crippen LogP contribution in [-0.2, 0) is 19.1 Å². The molecule has 0 saturated heterocycles. The predicted molar refractivity (Wildman–Crippen MR) is 107 cm³/mol. The number of aryl methyl sites for hydroxylation is 1. The lowest BCUT2D eigenvalue weighted by atomic mass is 10.2. The monoisotopic (exact) mass is 397 g/mol. The molecule has 0 aliphatic carbocycles. The number of amides is 3. The average Bonchev–Trinajstić information content (AvgIpc) is 2.71. The minimum absolute atomic E-state index is 0.0161. The van der Waals surface area contributed by atoms with Crippen LogP contribution in [0.2, 0.25) is 0 Å². The topological polar surface area (TPSA) is 114 Å².